The first kappa shape index (κ1) is 12.6. The molecule has 0 radical (unpaired) electrons. The molecule has 0 saturated carbocycles. The monoisotopic (exact) mass is 246 g/mol. The normalized spacial score (nSPS) is 11.5. The molecule has 1 aromatic rings. The summed E-state index contributed by atoms with van der Waals surface area (Å²) in [5.41, 5.74) is 0.182. The number of carbonyl (C=O) groups excluding carboxylic acids is 1. The molecule has 0 unspecified atom stereocenters. The molecule has 1 rings (SSSR count). The minimum absolute atomic E-state index is 0.182. The molecule has 0 amide bonds. The van der Waals surface area contributed by atoms with E-state index >= 15 is 0 Å². The zero-order chi connectivity index (χ0) is 12.3. The van der Waals surface area contributed by atoms with Gasteiger partial charge in [-0.15, -0.1) is 3.89 Å². The van der Waals surface area contributed by atoms with E-state index in [-0.39, 0.29) is 11.7 Å². The van der Waals surface area contributed by atoms with Gasteiger partial charge in [0.25, 0.3) is 0 Å². The summed E-state index contributed by atoms with van der Waals surface area (Å²) in [5.74, 6) is -0.571. The van der Waals surface area contributed by atoms with Crippen LogP contribution in [0.3, 0.4) is 0 Å². The molecular weight excluding hydrogens is 235 g/mol. The van der Waals surface area contributed by atoms with Crippen molar-refractivity contribution in [3.63, 3.8) is 0 Å². The van der Waals surface area contributed by atoms with Crippen molar-refractivity contribution in [2.75, 3.05) is 0 Å². The van der Waals surface area contributed by atoms with Crippen LogP contribution in [0.1, 0.15) is 24.2 Å². The maximum Gasteiger partial charge on any atom is 0.338 e. The average Bonchev–Trinajstić information content (AvgIpc) is 2.15. The SMILES string of the molecule is CC(C)OC(=O)c1ccc(S(=O)(=O)F)cc1. The number of hydrogen-bond acceptors (Lipinski definition) is 4. The third-order valence-electron chi connectivity index (χ3n) is 1.71. The van der Waals surface area contributed by atoms with Gasteiger partial charge >= 0.3 is 16.2 Å². The lowest BCUT2D eigenvalue weighted by atomic mass is 10.2. The van der Waals surface area contributed by atoms with Gasteiger partial charge in [0.2, 0.25) is 0 Å². The Bertz CT molecular complexity index is 476. The fourth-order valence-corrected chi connectivity index (χ4v) is 1.50. The van der Waals surface area contributed by atoms with Crippen molar-refractivity contribution >= 4 is 16.2 Å². The van der Waals surface area contributed by atoms with Gasteiger partial charge in [0.1, 0.15) is 0 Å². The van der Waals surface area contributed by atoms with Crippen molar-refractivity contribution in [2.24, 2.45) is 0 Å². The number of halogens is 1. The van der Waals surface area contributed by atoms with Crippen molar-refractivity contribution in [1.29, 1.82) is 0 Å². The van der Waals surface area contributed by atoms with Crippen molar-refractivity contribution < 1.29 is 21.8 Å². The molecule has 0 saturated heterocycles. The molecular formula is C10H11FO4S. The predicted octanol–water partition coefficient (Wildman–Crippen LogP) is 1.91. The van der Waals surface area contributed by atoms with Crippen LogP contribution >= 0.6 is 0 Å². The summed E-state index contributed by atoms with van der Waals surface area (Å²) in [6.45, 7) is 3.39. The van der Waals surface area contributed by atoms with Crippen LogP contribution in [0.5, 0.6) is 0 Å². The minimum Gasteiger partial charge on any atom is -0.459 e. The van der Waals surface area contributed by atoms with E-state index in [0.29, 0.717) is 0 Å². The summed E-state index contributed by atoms with van der Waals surface area (Å²) >= 11 is 0. The van der Waals surface area contributed by atoms with Gasteiger partial charge in [-0.3, -0.25) is 0 Å². The fraction of sp³-hybridized carbons (Fsp3) is 0.300. The average molecular weight is 246 g/mol. The Balaban J connectivity index is 2.92. The van der Waals surface area contributed by atoms with Gasteiger partial charge in [0.15, 0.2) is 0 Å². The third-order valence-corrected chi connectivity index (χ3v) is 2.55. The Hall–Kier alpha value is -1.43. The van der Waals surface area contributed by atoms with E-state index in [1.807, 2.05) is 0 Å². The first-order chi connectivity index (χ1) is 7.30. The first-order valence-electron chi connectivity index (χ1n) is 4.56. The Morgan fingerprint density at radius 3 is 2.12 bits per heavy atom. The number of rotatable bonds is 3. The zero-order valence-corrected chi connectivity index (χ0v) is 9.62. The lowest BCUT2D eigenvalue weighted by Gasteiger charge is -2.07. The molecule has 0 aliphatic carbocycles. The number of ether oxygens (including phenoxy) is 1. The molecule has 0 aromatic heterocycles. The van der Waals surface area contributed by atoms with Gasteiger partial charge in [-0.25, -0.2) is 4.79 Å². The molecule has 0 heterocycles. The maximum atomic E-state index is 12.5. The topological polar surface area (TPSA) is 60.4 Å². The highest BCUT2D eigenvalue weighted by molar-refractivity contribution is 7.86. The van der Waals surface area contributed by atoms with Crippen LogP contribution in [-0.2, 0) is 15.0 Å². The summed E-state index contributed by atoms with van der Waals surface area (Å²) in [4.78, 5) is 10.9. The highest BCUT2D eigenvalue weighted by atomic mass is 32.3. The summed E-state index contributed by atoms with van der Waals surface area (Å²) < 4.78 is 38.4. The molecule has 0 aliphatic rings. The van der Waals surface area contributed by atoms with E-state index in [2.05, 4.69) is 0 Å². The quantitative estimate of drug-likeness (QED) is 0.603. The molecule has 0 atom stereocenters. The highest BCUT2D eigenvalue weighted by Crippen LogP contribution is 2.13. The predicted molar refractivity (Wildman–Crippen MR) is 55.3 cm³/mol. The van der Waals surface area contributed by atoms with Crippen molar-refractivity contribution in [3.05, 3.63) is 29.8 Å². The Morgan fingerprint density at radius 2 is 1.75 bits per heavy atom. The van der Waals surface area contributed by atoms with E-state index in [4.69, 9.17) is 4.74 Å². The van der Waals surface area contributed by atoms with Gasteiger partial charge in [-0.05, 0) is 38.1 Å². The second kappa shape index (κ2) is 4.61. The fourth-order valence-electron chi connectivity index (χ4n) is 1.04. The lowest BCUT2D eigenvalue weighted by Crippen LogP contribution is -2.11. The largest absolute Gasteiger partial charge is 0.459 e. The molecule has 0 N–H and O–H groups in total. The lowest BCUT2D eigenvalue weighted by molar-refractivity contribution is 0.0378. The Kier molecular flexibility index (Phi) is 3.64. The van der Waals surface area contributed by atoms with E-state index in [0.717, 1.165) is 12.1 Å². The van der Waals surface area contributed by atoms with Crippen molar-refractivity contribution in [2.45, 2.75) is 24.8 Å². The van der Waals surface area contributed by atoms with Gasteiger partial charge in [0.05, 0.1) is 16.6 Å². The maximum absolute atomic E-state index is 12.5. The van der Waals surface area contributed by atoms with Crippen LogP contribution in [0.2, 0.25) is 0 Å². The number of hydrogen-bond donors (Lipinski definition) is 0. The molecule has 1 aromatic carbocycles. The van der Waals surface area contributed by atoms with Gasteiger partial charge in [-0.2, -0.15) is 8.42 Å². The smallest absolute Gasteiger partial charge is 0.338 e. The van der Waals surface area contributed by atoms with Crippen LogP contribution < -0.4 is 0 Å². The first-order valence-corrected chi connectivity index (χ1v) is 5.95. The summed E-state index contributed by atoms with van der Waals surface area (Å²) in [6.07, 6.45) is -0.267. The minimum atomic E-state index is -4.72. The molecule has 0 aliphatic heterocycles. The third kappa shape index (κ3) is 3.30. The number of benzene rings is 1. The molecule has 88 valence electrons. The second-order valence-electron chi connectivity index (χ2n) is 3.42. The second-order valence-corrected chi connectivity index (χ2v) is 4.76. The highest BCUT2D eigenvalue weighted by Gasteiger charge is 2.14. The molecule has 0 spiro atoms. The number of carbonyl (C=O) groups is 1. The van der Waals surface area contributed by atoms with E-state index in [9.17, 15) is 17.1 Å². The summed E-state index contributed by atoms with van der Waals surface area (Å²) in [7, 11) is -4.72. The van der Waals surface area contributed by atoms with Crippen molar-refractivity contribution in [3.8, 4) is 0 Å². The summed E-state index contributed by atoms with van der Waals surface area (Å²) in [5, 5.41) is 0. The molecule has 0 fully saturated rings. The van der Waals surface area contributed by atoms with Gasteiger partial charge < -0.3 is 4.74 Å². The van der Waals surface area contributed by atoms with E-state index < -0.39 is 21.1 Å². The zero-order valence-electron chi connectivity index (χ0n) is 8.81. The van der Waals surface area contributed by atoms with Gasteiger partial charge in [-0.1, -0.05) is 0 Å². The van der Waals surface area contributed by atoms with Crippen LogP contribution in [0.4, 0.5) is 3.89 Å². The molecule has 4 nitrogen and oxygen atoms in total. The van der Waals surface area contributed by atoms with Crippen molar-refractivity contribution in [1.82, 2.24) is 0 Å². The molecule has 16 heavy (non-hydrogen) atoms. The Morgan fingerprint density at radius 1 is 1.25 bits per heavy atom. The van der Waals surface area contributed by atoms with Crippen LogP contribution in [-0.4, -0.2) is 20.5 Å². The number of esters is 1. The standard InChI is InChI=1S/C10H11FO4S/c1-7(2)15-10(12)8-3-5-9(6-4-8)16(11,13)14/h3-7H,1-2H3. The molecule has 6 heteroatoms. The summed E-state index contributed by atoms with van der Waals surface area (Å²) in [6, 6.07) is 4.45. The van der Waals surface area contributed by atoms with E-state index in [1.54, 1.807) is 13.8 Å². The van der Waals surface area contributed by atoms with Crippen LogP contribution in [0, 0.1) is 0 Å². The molecule has 0 bridgehead atoms. The Labute approximate surface area is 93.3 Å². The van der Waals surface area contributed by atoms with Crippen LogP contribution in [0.15, 0.2) is 29.2 Å². The van der Waals surface area contributed by atoms with E-state index in [1.165, 1.54) is 12.1 Å². The van der Waals surface area contributed by atoms with Gasteiger partial charge in [0, 0.05) is 0 Å². The van der Waals surface area contributed by atoms with Crippen LogP contribution in [0.25, 0.3) is 0 Å².